The fraction of sp³-hybridized carbons (Fsp3) is 0.741. The minimum atomic E-state index is -0.261. The molecule has 1 aliphatic rings. The lowest BCUT2D eigenvalue weighted by molar-refractivity contribution is -0.0567. The third-order valence-corrected chi connectivity index (χ3v) is 6.64. The van der Waals surface area contributed by atoms with E-state index in [0.29, 0.717) is 5.56 Å². The highest BCUT2D eigenvalue weighted by Crippen LogP contribution is 2.38. The summed E-state index contributed by atoms with van der Waals surface area (Å²) in [5, 5.41) is 0. The number of unbranched alkanes of at least 4 members (excludes halogenated alkanes) is 5. The minimum Gasteiger partial charge on any atom is -0.494 e. The van der Waals surface area contributed by atoms with Gasteiger partial charge >= 0.3 is 5.97 Å². The molecule has 0 amide bonds. The summed E-state index contributed by atoms with van der Waals surface area (Å²) < 4.78 is 11.6. The van der Waals surface area contributed by atoms with Crippen molar-refractivity contribution in [1.29, 1.82) is 0 Å². The molecule has 0 spiro atoms. The van der Waals surface area contributed by atoms with Gasteiger partial charge in [0.2, 0.25) is 0 Å². The topological polar surface area (TPSA) is 38.8 Å². The minimum absolute atomic E-state index is 0.122. The van der Waals surface area contributed by atoms with Gasteiger partial charge in [0.25, 0.3) is 0 Å². The molecule has 2 rings (SSSR count). The van der Waals surface area contributed by atoms with Gasteiger partial charge in [-0.05, 0) is 84.6 Å². The Balaban J connectivity index is 1.78. The van der Waals surface area contributed by atoms with Crippen molar-refractivity contribution in [3.63, 3.8) is 0 Å². The van der Waals surface area contributed by atoms with Crippen LogP contribution in [0.4, 0.5) is 0 Å². The lowest BCUT2D eigenvalue weighted by Gasteiger charge is -2.53. The average molecular weight is 432 g/mol. The van der Waals surface area contributed by atoms with E-state index < -0.39 is 0 Å². The number of carbonyl (C=O) groups is 1. The molecule has 4 nitrogen and oxygen atoms in total. The molecule has 1 aromatic rings. The lowest BCUT2D eigenvalue weighted by Crippen LogP contribution is -2.60. The van der Waals surface area contributed by atoms with Gasteiger partial charge in [-0.15, -0.1) is 0 Å². The number of piperidine rings is 1. The van der Waals surface area contributed by atoms with Gasteiger partial charge in [0.1, 0.15) is 11.9 Å². The van der Waals surface area contributed by atoms with E-state index in [9.17, 15) is 4.79 Å². The molecule has 1 unspecified atom stereocenters. The molecule has 0 radical (unpaired) electrons. The first kappa shape index (κ1) is 25.7. The number of likely N-dealkylation sites (tertiary alicyclic amines) is 1. The maximum absolute atomic E-state index is 12.6. The van der Waals surface area contributed by atoms with Crippen LogP contribution in [0.5, 0.6) is 5.75 Å². The van der Waals surface area contributed by atoms with E-state index in [1.54, 1.807) is 12.1 Å². The molecule has 0 saturated carbocycles. The van der Waals surface area contributed by atoms with Crippen LogP contribution in [0.2, 0.25) is 0 Å². The predicted octanol–water partition coefficient (Wildman–Crippen LogP) is 7.01. The Hall–Kier alpha value is -1.55. The molecule has 1 heterocycles. The summed E-state index contributed by atoms with van der Waals surface area (Å²) in [6.45, 7) is 14.9. The Morgan fingerprint density at radius 2 is 1.55 bits per heavy atom. The van der Waals surface area contributed by atoms with E-state index in [1.165, 1.54) is 51.4 Å². The Kier molecular flexibility index (Phi) is 9.87. The van der Waals surface area contributed by atoms with Crippen molar-refractivity contribution in [2.24, 2.45) is 0 Å². The lowest BCUT2D eigenvalue weighted by atomic mass is 9.79. The number of benzene rings is 1. The maximum atomic E-state index is 12.6. The fourth-order valence-corrected chi connectivity index (χ4v) is 4.84. The first-order valence-electron chi connectivity index (χ1n) is 12.4. The second-order valence-corrected chi connectivity index (χ2v) is 10.4. The van der Waals surface area contributed by atoms with Crippen LogP contribution in [0.1, 0.15) is 110 Å². The highest BCUT2D eigenvalue weighted by atomic mass is 16.5. The van der Waals surface area contributed by atoms with Crippen molar-refractivity contribution in [3.05, 3.63) is 29.8 Å². The standard InChI is InChI=1S/C27H45NO3/c1-7-8-9-10-11-12-20-30-24-16-14-23(15-17-24)25(29)31-22(2)21-28-26(3,4)18-13-19-27(28,5)6/h14-17,22H,7-13,18-21H2,1-6H3. The Morgan fingerprint density at radius 1 is 0.968 bits per heavy atom. The number of rotatable bonds is 12. The Bertz CT molecular complexity index is 650. The van der Waals surface area contributed by atoms with Gasteiger partial charge in [-0.1, -0.05) is 39.0 Å². The van der Waals surface area contributed by atoms with Crippen molar-refractivity contribution >= 4 is 5.97 Å². The summed E-state index contributed by atoms with van der Waals surface area (Å²) in [7, 11) is 0. The van der Waals surface area contributed by atoms with Crippen molar-refractivity contribution < 1.29 is 14.3 Å². The molecule has 0 aromatic heterocycles. The monoisotopic (exact) mass is 431 g/mol. The van der Waals surface area contributed by atoms with Gasteiger partial charge in [0, 0.05) is 17.6 Å². The number of carbonyl (C=O) groups excluding carboxylic acids is 1. The second kappa shape index (κ2) is 11.9. The summed E-state index contributed by atoms with van der Waals surface area (Å²) in [4.78, 5) is 15.1. The van der Waals surface area contributed by atoms with E-state index >= 15 is 0 Å². The maximum Gasteiger partial charge on any atom is 0.338 e. The molecule has 0 N–H and O–H groups in total. The van der Waals surface area contributed by atoms with Crippen molar-refractivity contribution in [3.8, 4) is 5.75 Å². The fourth-order valence-electron chi connectivity index (χ4n) is 4.84. The predicted molar refractivity (Wildman–Crippen MR) is 129 cm³/mol. The van der Waals surface area contributed by atoms with Gasteiger partial charge in [-0.25, -0.2) is 4.79 Å². The number of nitrogens with zero attached hydrogens (tertiary/aromatic N) is 1. The van der Waals surface area contributed by atoms with Gasteiger partial charge in [-0.2, -0.15) is 0 Å². The van der Waals surface area contributed by atoms with Crippen molar-refractivity contribution in [2.75, 3.05) is 13.2 Å². The zero-order chi connectivity index (χ0) is 22.9. The van der Waals surface area contributed by atoms with E-state index in [4.69, 9.17) is 9.47 Å². The molecule has 1 atom stereocenters. The smallest absolute Gasteiger partial charge is 0.338 e. The number of esters is 1. The highest BCUT2D eigenvalue weighted by molar-refractivity contribution is 5.89. The molecular weight excluding hydrogens is 386 g/mol. The molecule has 0 bridgehead atoms. The summed E-state index contributed by atoms with van der Waals surface area (Å²) in [6.07, 6.45) is 10.9. The molecule has 1 saturated heterocycles. The molecule has 31 heavy (non-hydrogen) atoms. The third kappa shape index (κ3) is 8.14. The first-order chi connectivity index (χ1) is 14.7. The second-order valence-electron chi connectivity index (χ2n) is 10.4. The van der Waals surface area contributed by atoms with Gasteiger partial charge in [0.15, 0.2) is 0 Å². The van der Waals surface area contributed by atoms with Crippen LogP contribution in [0.3, 0.4) is 0 Å². The molecule has 1 aliphatic heterocycles. The summed E-state index contributed by atoms with van der Waals surface area (Å²) in [5.41, 5.74) is 0.824. The van der Waals surface area contributed by atoms with Crippen LogP contribution < -0.4 is 4.74 Å². The Morgan fingerprint density at radius 3 is 2.16 bits per heavy atom. The van der Waals surface area contributed by atoms with E-state index in [1.807, 2.05) is 19.1 Å². The van der Waals surface area contributed by atoms with Gasteiger partial charge in [0.05, 0.1) is 12.2 Å². The number of hydrogen-bond donors (Lipinski definition) is 0. The summed E-state index contributed by atoms with van der Waals surface area (Å²) in [5.74, 6) is 0.553. The first-order valence-corrected chi connectivity index (χ1v) is 12.4. The van der Waals surface area contributed by atoms with E-state index in [-0.39, 0.29) is 23.2 Å². The van der Waals surface area contributed by atoms with Crippen LogP contribution in [-0.4, -0.2) is 41.2 Å². The SMILES string of the molecule is CCCCCCCCOc1ccc(C(=O)OC(C)CN2C(C)(C)CCCC2(C)C)cc1. The average Bonchev–Trinajstić information content (AvgIpc) is 2.70. The quantitative estimate of drug-likeness (QED) is 0.263. The summed E-state index contributed by atoms with van der Waals surface area (Å²) >= 11 is 0. The zero-order valence-electron chi connectivity index (χ0n) is 20.8. The molecular formula is C27H45NO3. The highest BCUT2D eigenvalue weighted by Gasteiger charge is 2.41. The van der Waals surface area contributed by atoms with Crippen molar-refractivity contribution in [2.45, 2.75) is 117 Å². The van der Waals surface area contributed by atoms with Crippen molar-refractivity contribution in [1.82, 2.24) is 4.90 Å². The molecule has 176 valence electrons. The van der Waals surface area contributed by atoms with E-state index in [0.717, 1.165) is 25.3 Å². The van der Waals surface area contributed by atoms with Crippen LogP contribution >= 0.6 is 0 Å². The number of ether oxygens (including phenoxy) is 2. The van der Waals surface area contributed by atoms with Crippen LogP contribution in [-0.2, 0) is 4.74 Å². The third-order valence-electron chi connectivity index (χ3n) is 6.64. The van der Waals surface area contributed by atoms with Crippen LogP contribution in [0.15, 0.2) is 24.3 Å². The van der Waals surface area contributed by atoms with Crippen LogP contribution in [0, 0.1) is 0 Å². The van der Waals surface area contributed by atoms with Gasteiger partial charge < -0.3 is 9.47 Å². The van der Waals surface area contributed by atoms with E-state index in [2.05, 4.69) is 39.5 Å². The number of hydrogen-bond acceptors (Lipinski definition) is 4. The Labute approximate surface area is 190 Å². The van der Waals surface area contributed by atoms with Gasteiger partial charge in [-0.3, -0.25) is 4.90 Å². The summed E-state index contributed by atoms with van der Waals surface area (Å²) in [6, 6.07) is 7.35. The molecule has 1 fully saturated rings. The molecule has 1 aromatic carbocycles. The van der Waals surface area contributed by atoms with Crippen LogP contribution in [0.25, 0.3) is 0 Å². The zero-order valence-corrected chi connectivity index (χ0v) is 20.8. The molecule has 0 aliphatic carbocycles. The molecule has 4 heteroatoms. The largest absolute Gasteiger partial charge is 0.494 e. The normalized spacial score (nSPS) is 19.0.